The topological polar surface area (TPSA) is 110 Å². The maximum Gasteiger partial charge on any atom is 0.312 e. The van der Waals surface area contributed by atoms with E-state index in [0.717, 1.165) is 0 Å². The van der Waals surface area contributed by atoms with Crippen molar-refractivity contribution in [1.82, 2.24) is 0 Å². The number of hydrogen-bond donors (Lipinski definition) is 1. The molecule has 1 heterocycles. The highest BCUT2D eigenvalue weighted by Gasteiger charge is 2.35. The first-order chi connectivity index (χ1) is 9.43. The van der Waals surface area contributed by atoms with Crippen molar-refractivity contribution in [3.63, 3.8) is 0 Å². The van der Waals surface area contributed by atoms with E-state index in [1.54, 1.807) is 0 Å². The van der Waals surface area contributed by atoms with Gasteiger partial charge in [-0.1, -0.05) is 0 Å². The minimum Gasteiger partial charge on any atom is -0.490 e. The van der Waals surface area contributed by atoms with E-state index >= 15 is 0 Å². The summed E-state index contributed by atoms with van der Waals surface area (Å²) in [6.45, 7) is 0.0116. The number of carbonyl (C=O) groups excluding carboxylic acids is 1. The Morgan fingerprint density at radius 2 is 2.25 bits per heavy atom. The van der Waals surface area contributed by atoms with Gasteiger partial charge in [0.15, 0.2) is 5.75 Å². The van der Waals surface area contributed by atoms with Gasteiger partial charge in [-0.05, 0) is 12.1 Å². The standard InChI is InChI=1S/C12H12N2O6/c1-20-10-3-2-8(5-9(10)14(18)19)13-6-7(12(16)17)4-11(13)15/h2-3,5,7H,4,6H2,1H3,(H,16,17). The van der Waals surface area contributed by atoms with E-state index in [9.17, 15) is 19.7 Å². The summed E-state index contributed by atoms with van der Waals surface area (Å²) in [4.78, 5) is 34.2. The quantitative estimate of drug-likeness (QED) is 0.651. The summed E-state index contributed by atoms with van der Waals surface area (Å²) in [6.07, 6.45) is -0.102. The number of carboxylic acid groups (broad SMARTS) is 1. The van der Waals surface area contributed by atoms with E-state index in [0.29, 0.717) is 5.69 Å². The molecular weight excluding hydrogens is 268 g/mol. The van der Waals surface area contributed by atoms with Crippen LogP contribution in [0.4, 0.5) is 11.4 Å². The molecule has 0 spiro atoms. The zero-order valence-corrected chi connectivity index (χ0v) is 10.6. The molecule has 20 heavy (non-hydrogen) atoms. The van der Waals surface area contributed by atoms with Crippen LogP contribution in [0.25, 0.3) is 0 Å². The van der Waals surface area contributed by atoms with Crippen LogP contribution in [-0.4, -0.2) is 35.6 Å². The van der Waals surface area contributed by atoms with Gasteiger partial charge in [-0.3, -0.25) is 19.7 Å². The summed E-state index contributed by atoms with van der Waals surface area (Å²) in [5, 5.41) is 19.8. The van der Waals surface area contributed by atoms with Crippen LogP contribution in [0.15, 0.2) is 18.2 Å². The summed E-state index contributed by atoms with van der Waals surface area (Å²) in [5.41, 5.74) is 0.0304. The molecule has 1 aliphatic rings. The minimum atomic E-state index is -1.05. The number of carboxylic acids is 1. The van der Waals surface area contributed by atoms with Gasteiger partial charge in [0.25, 0.3) is 0 Å². The van der Waals surface area contributed by atoms with Crippen molar-refractivity contribution in [2.45, 2.75) is 6.42 Å². The second-order valence-electron chi connectivity index (χ2n) is 4.36. The largest absolute Gasteiger partial charge is 0.490 e. The van der Waals surface area contributed by atoms with Crippen LogP contribution < -0.4 is 9.64 Å². The van der Waals surface area contributed by atoms with Gasteiger partial charge in [-0.15, -0.1) is 0 Å². The van der Waals surface area contributed by atoms with E-state index in [4.69, 9.17) is 9.84 Å². The molecule has 1 unspecified atom stereocenters. The van der Waals surface area contributed by atoms with E-state index in [-0.39, 0.29) is 30.3 Å². The number of benzene rings is 1. The lowest BCUT2D eigenvalue weighted by Gasteiger charge is -2.16. The Morgan fingerprint density at radius 1 is 1.55 bits per heavy atom. The van der Waals surface area contributed by atoms with Gasteiger partial charge in [0.2, 0.25) is 5.91 Å². The maximum atomic E-state index is 11.8. The molecule has 0 aliphatic carbocycles. The zero-order valence-electron chi connectivity index (χ0n) is 10.6. The first-order valence-corrected chi connectivity index (χ1v) is 5.79. The number of hydrogen-bond acceptors (Lipinski definition) is 5. The predicted molar refractivity (Wildman–Crippen MR) is 67.7 cm³/mol. The summed E-state index contributed by atoms with van der Waals surface area (Å²) >= 11 is 0. The minimum absolute atomic E-state index is 0.0116. The van der Waals surface area contributed by atoms with Crippen molar-refractivity contribution in [1.29, 1.82) is 0 Å². The summed E-state index contributed by atoms with van der Waals surface area (Å²) in [7, 11) is 1.31. The Balaban J connectivity index is 2.34. The molecule has 106 valence electrons. The molecule has 1 aromatic rings. The lowest BCUT2D eigenvalue weighted by molar-refractivity contribution is -0.385. The van der Waals surface area contributed by atoms with Crippen LogP contribution >= 0.6 is 0 Å². The summed E-state index contributed by atoms with van der Waals surface area (Å²) in [6, 6.07) is 4.09. The highest BCUT2D eigenvalue weighted by atomic mass is 16.6. The molecule has 8 heteroatoms. The number of carbonyl (C=O) groups is 2. The first kappa shape index (κ1) is 13.8. The van der Waals surface area contributed by atoms with Crippen LogP contribution in [0, 0.1) is 16.0 Å². The molecule has 0 saturated carbocycles. The van der Waals surface area contributed by atoms with E-state index in [2.05, 4.69) is 0 Å². The van der Waals surface area contributed by atoms with Crippen molar-refractivity contribution in [2.24, 2.45) is 5.92 Å². The van der Waals surface area contributed by atoms with E-state index in [1.807, 2.05) is 0 Å². The highest BCUT2D eigenvalue weighted by molar-refractivity contribution is 5.99. The second kappa shape index (κ2) is 5.16. The van der Waals surface area contributed by atoms with Crippen LogP contribution in [0.5, 0.6) is 5.75 Å². The molecule has 1 N–H and O–H groups in total. The Kier molecular flexibility index (Phi) is 3.55. The van der Waals surface area contributed by atoms with Gasteiger partial charge in [-0.2, -0.15) is 0 Å². The highest BCUT2D eigenvalue weighted by Crippen LogP contribution is 2.33. The molecule has 0 radical (unpaired) electrons. The summed E-state index contributed by atoms with van der Waals surface area (Å²) < 4.78 is 4.87. The normalized spacial score (nSPS) is 18.1. The predicted octanol–water partition coefficient (Wildman–Crippen LogP) is 1.04. The van der Waals surface area contributed by atoms with Gasteiger partial charge in [0, 0.05) is 19.0 Å². The molecule has 1 fully saturated rings. The Bertz CT molecular complexity index is 585. The number of nitrogens with zero attached hydrogens (tertiary/aromatic N) is 2. The number of amides is 1. The SMILES string of the molecule is COc1ccc(N2CC(C(=O)O)CC2=O)cc1[N+](=O)[O-]. The third-order valence-electron chi connectivity index (χ3n) is 3.15. The van der Waals surface area contributed by atoms with Crippen LogP contribution in [0.1, 0.15) is 6.42 Å². The Hall–Kier alpha value is -2.64. The second-order valence-corrected chi connectivity index (χ2v) is 4.36. The van der Waals surface area contributed by atoms with Gasteiger partial charge >= 0.3 is 11.7 Å². The third kappa shape index (κ3) is 2.40. The molecule has 1 saturated heterocycles. The van der Waals surface area contributed by atoms with Gasteiger partial charge in [0.05, 0.1) is 23.6 Å². The van der Waals surface area contributed by atoms with Crippen LogP contribution in [0.2, 0.25) is 0 Å². The Labute approximate surface area is 113 Å². The monoisotopic (exact) mass is 280 g/mol. The number of methoxy groups -OCH3 is 1. The number of nitro groups is 1. The lowest BCUT2D eigenvalue weighted by atomic mass is 10.1. The van der Waals surface area contributed by atoms with Crippen molar-refractivity contribution in [3.8, 4) is 5.75 Å². The fourth-order valence-electron chi connectivity index (χ4n) is 2.11. The zero-order chi connectivity index (χ0) is 14.9. The smallest absolute Gasteiger partial charge is 0.312 e. The lowest BCUT2D eigenvalue weighted by Crippen LogP contribution is -2.25. The summed E-state index contributed by atoms with van der Waals surface area (Å²) in [5.74, 6) is -2.12. The van der Waals surface area contributed by atoms with E-state index in [1.165, 1.54) is 30.2 Å². The molecule has 1 aliphatic heterocycles. The third-order valence-corrected chi connectivity index (χ3v) is 3.15. The molecule has 8 nitrogen and oxygen atoms in total. The maximum absolute atomic E-state index is 11.8. The van der Waals surface area contributed by atoms with Gasteiger partial charge < -0.3 is 14.7 Å². The molecular formula is C12H12N2O6. The number of aliphatic carboxylic acids is 1. The van der Waals surface area contributed by atoms with Crippen molar-refractivity contribution in [2.75, 3.05) is 18.6 Å². The average Bonchev–Trinajstić information content (AvgIpc) is 2.80. The van der Waals surface area contributed by atoms with Crippen molar-refractivity contribution < 1.29 is 24.4 Å². The van der Waals surface area contributed by atoms with Gasteiger partial charge in [0.1, 0.15) is 0 Å². The van der Waals surface area contributed by atoms with Gasteiger partial charge in [-0.25, -0.2) is 0 Å². The number of rotatable bonds is 4. The molecule has 1 amide bonds. The first-order valence-electron chi connectivity index (χ1n) is 5.79. The van der Waals surface area contributed by atoms with Crippen LogP contribution in [0.3, 0.4) is 0 Å². The van der Waals surface area contributed by atoms with Crippen LogP contribution in [-0.2, 0) is 9.59 Å². The molecule has 0 aromatic heterocycles. The van der Waals surface area contributed by atoms with Crippen molar-refractivity contribution in [3.05, 3.63) is 28.3 Å². The Morgan fingerprint density at radius 3 is 2.75 bits per heavy atom. The fraction of sp³-hybridized carbons (Fsp3) is 0.333. The molecule has 2 rings (SSSR count). The number of nitro benzene ring substituents is 1. The van der Waals surface area contributed by atoms with Crippen molar-refractivity contribution >= 4 is 23.3 Å². The fourth-order valence-corrected chi connectivity index (χ4v) is 2.11. The van der Waals surface area contributed by atoms with E-state index < -0.39 is 16.8 Å². The molecule has 1 aromatic carbocycles. The average molecular weight is 280 g/mol. The molecule has 1 atom stereocenters. The molecule has 0 bridgehead atoms. The number of anilines is 1. The number of ether oxygens (including phenoxy) is 1.